The van der Waals surface area contributed by atoms with Crippen LogP contribution in [0.15, 0.2) is 47.6 Å². The minimum atomic E-state index is -0.529. The number of aromatic hydroxyl groups is 2. The van der Waals surface area contributed by atoms with Gasteiger partial charge in [0.15, 0.2) is 0 Å². The van der Waals surface area contributed by atoms with Gasteiger partial charge in [0.25, 0.3) is 5.91 Å². The van der Waals surface area contributed by atoms with E-state index in [1.165, 1.54) is 18.3 Å². The van der Waals surface area contributed by atoms with Crippen LogP contribution in [0.4, 0.5) is 5.69 Å². The number of nitrogens with zero attached hydrogens (tertiary/aromatic N) is 2. The Morgan fingerprint density at radius 2 is 1.88 bits per heavy atom. The predicted molar refractivity (Wildman–Crippen MR) is 94.3 cm³/mol. The molecule has 0 saturated carbocycles. The Morgan fingerprint density at radius 1 is 1.12 bits per heavy atom. The van der Waals surface area contributed by atoms with Gasteiger partial charge in [-0.05, 0) is 24.3 Å². The second-order valence-electron chi connectivity index (χ2n) is 5.56. The van der Waals surface area contributed by atoms with Crippen molar-refractivity contribution in [2.24, 2.45) is 5.10 Å². The summed E-state index contributed by atoms with van der Waals surface area (Å²) in [6.45, 7) is 2.90. The highest BCUT2D eigenvalue weighted by Crippen LogP contribution is 2.24. The summed E-state index contributed by atoms with van der Waals surface area (Å²) in [4.78, 5) is 14.1. The molecule has 25 heavy (non-hydrogen) atoms. The van der Waals surface area contributed by atoms with Crippen LogP contribution in [0.3, 0.4) is 0 Å². The Hall–Kier alpha value is -3.06. The van der Waals surface area contributed by atoms with Crippen molar-refractivity contribution in [3.05, 3.63) is 53.6 Å². The average molecular weight is 341 g/mol. The molecule has 0 spiro atoms. The summed E-state index contributed by atoms with van der Waals surface area (Å²) in [5, 5.41) is 23.6. The molecule has 7 heteroatoms. The molecule has 1 saturated heterocycles. The lowest BCUT2D eigenvalue weighted by Gasteiger charge is -2.29. The van der Waals surface area contributed by atoms with Crippen molar-refractivity contribution >= 4 is 17.8 Å². The van der Waals surface area contributed by atoms with Gasteiger partial charge < -0.3 is 19.8 Å². The van der Waals surface area contributed by atoms with Gasteiger partial charge in [-0.25, -0.2) is 5.43 Å². The lowest BCUT2D eigenvalue weighted by Crippen LogP contribution is -2.36. The fourth-order valence-electron chi connectivity index (χ4n) is 2.55. The van der Waals surface area contributed by atoms with E-state index in [9.17, 15) is 15.0 Å². The maximum absolute atomic E-state index is 11.9. The van der Waals surface area contributed by atoms with Gasteiger partial charge in [-0.2, -0.15) is 5.10 Å². The van der Waals surface area contributed by atoms with Crippen LogP contribution < -0.4 is 10.3 Å². The van der Waals surface area contributed by atoms with Crippen LogP contribution >= 0.6 is 0 Å². The van der Waals surface area contributed by atoms with Crippen molar-refractivity contribution in [3.63, 3.8) is 0 Å². The minimum Gasteiger partial charge on any atom is -0.507 e. The molecule has 1 aliphatic rings. The Balaban J connectivity index is 1.65. The van der Waals surface area contributed by atoms with Gasteiger partial charge in [0.1, 0.15) is 11.5 Å². The third-order valence-corrected chi connectivity index (χ3v) is 3.91. The van der Waals surface area contributed by atoms with E-state index in [0.717, 1.165) is 18.8 Å². The predicted octanol–water partition coefficient (Wildman–Crippen LogP) is 1.70. The molecule has 3 N–H and O–H groups in total. The van der Waals surface area contributed by atoms with Crippen LogP contribution in [0.5, 0.6) is 11.5 Å². The highest BCUT2D eigenvalue weighted by atomic mass is 16.5. The summed E-state index contributed by atoms with van der Waals surface area (Å²) in [6, 6.07) is 11.5. The van der Waals surface area contributed by atoms with Crippen LogP contribution in [0.25, 0.3) is 0 Å². The molecule has 1 aliphatic heterocycles. The summed E-state index contributed by atoms with van der Waals surface area (Å²) in [5.74, 6) is -0.573. The standard InChI is InChI=1S/C18H19N3O4/c22-16-4-2-1-3-15(16)18(24)20-19-12-13-5-6-14(11-17(13)23)21-7-9-25-10-8-21/h1-6,11-12,22-23H,7-10H2,(H,20,24)/b19-12-. The molecule has 1 amide bonds. The van der Waals surface area contributed by atoms with Gasteiger partial charge in [-0.15, -0.1) is 0 Å². The van der Waals surface area contributed by atoms with Crippen molar-refractivity contribution < 1.29 is 19.7 Å². The highest BCUT2D eigenvalue weighted by molar-refractivity contribution is 5.97. The van der Waals surface area contributed by atoms with Crippen LogP contribution in [-0.2, 0) is 4.74 Å². The molecule has 0 aliphatic carbocycles. The number of hydrazone groups is 1. The first-order valence-electron chi connectivity index (χ1n) is 7.92. The van der Waals surface area contributed by atoms with E-state index >= 15 is 0 Å². The van der Waals surface area contributed by atoms with E-state index in [0.29, 0.717) is 18.8 Å². The number of carbonyl (C=O) groups is 1. The minimum absolute atomic E-state index is 0.0737. The van der Waals surface area contributed by atoms with E-state index in [1.807, 2.05) is 6.07 Å². The number of phenolic OH excluding ortho intramolecular Hbond substituents is 2. The quantitative estimate of drug-likeness (QED) is 0.581. The third kappa shape index (κ3) is 4.07. The molecule has 2 aromatic carbocycles. The molecule has 1 fully saturated rings. The monoisotopic (exact) mass is 341 g/mol. The van der Waals surface area contributed by atoms with Gasteiger partial charge in [0.05, 0.1) is 25.0 Å². The lowest BCUT2D eigenvalue weighted by molar-refractivity contribution is 0.0952. The Kier molecular flexibility index (Phi) is 5.15. The fraction of sp³-hybridized carbons (Fsp3) is 0.222. The van der Waals surface area contributed by atoms with Crippen LogP contribution in [0, 0.1) is 0 Å². The summed E-state index contributed by atoms with van der Waals surface area (Å²) in [6.07, 6.45) is 1.36. The molecule has 0 aromatic heterocycles. The van der Waals surface area contributed by atoms with Crippen molar-refractivity contribution in [2.75, 3.05) is 31.2 Å². The number of ether oxygens (including phenoxy) is 1. The molecule has 0 radical (unpaired) electrons. The van der Waals surface area contributed by atoms with E-state index in [2.05, 4.69) is 15.4 Å². The molecule has 130 valence electrons. The van der Waals surface area contributed by atoms with Crippen LogP contribution in [0.2, 0.25) is 0 Å². The number of hydrogen-bond donors (Lipinski definition) is 3. The summed E-state index contributed by atoms with van der Waals surface area (Å²) >= 11 is 0. The zero-order valence-electron chi connectivity index (χ0n) is 13.6. The van der Waals surface area contributed by atoms with E-state index in [1.54, 1.807) is 24.3 Å². The molecular formula is C18H19N3O4. The molecule has 0 bridgehead atoms. The fourth-order valence-corrected chi connectivity index (χ4v) is 2.55. The second kappa shape index (κ2) is 7.67. The van der Waals surface area contributed by atoms with Crippen molar-refractivity contribution in [1.82, 2.24) is 5.43 Å². The first-order valence-corrected chi connectivity index (χ1v) is 7.92. The number of carbonyl (C=O) groups excluding carboxylic acids is 1. The van der Waals surface area contributed by atoms with Gasteiger partial charge in [0, 0.05) is 30.4 Å². The number of morpholine rings is 1. The third-order valence-electron chi connectivity index (χ3n) is 3.91. The van der Waals surface area contributed by atoms with Gasteiger partial charge in [-0.1, -0.05) is 12.1 Å². The molecule has 0 unspecified atom stereocenters. The molecule has 3 rings (SSSR count). The van der Waals surface area contributed by atoms with Gasteiger partial charge in [0.2, 0.25) is 0 Å². The zero-order valence-corrected chi connectivity index (χ0v) is 13.6. The normalized spacial score (nSPS) is 14.6. The van der Waals surface area contributed by atoms with Gasteiger partial charge in [-0.3, -0.25) is 4.79 Å². The SMILES string of the molecule is O=C(N/N=C\c1ccc(N2CCOCC2)cc1O)c1ccccc1O. The lowest BCUT2D eigenvalue weighted by atomic mass is 10.1. The number of nitrogens with one attached hydrogen (secondary N) is 1. The topological polar surface area (TPSA) is 94.4 Å². The summed E-state index contributed by atoms with van der Waals surface area (Å²) in [5.41, 5.74) is 3.85. The molecular weight excluding hydrogens is 322 g/mol. The first kappa shape index (κ1) is 16.8. The Labute approximate surface area is 145 Å². The van der Waals surface area contributed by atoms with E-state index in [4.69, 9.17) is 4.74 Å². The maximum atomic E-state index is 11.9. The molecule has 0 atom stereocenters. The number of anilines is 1. The number of phenols is 2. The first-order chi connectivity index (χ1) is 12.1. The smallest absolute Gasteiger partial charge is 0.275 e. The average Bonchev–Trinajstić information content (AvgIpc) is 2.64. The Bertz CT molecular complexity index is 786. The van der Waals surface area contributed by atoms with Crippen molar-refractivity contribution in [2.45, 2.75) is 0 Å². The number of benzene rings is 2. The molecule has 1 heterocycles. The van der Waals surface area contributed by atoms with E-state index in [-0.39, 0.29) is 17.1 Å². The van der Waals surface area contributed by atoms with Crippen LogP contribution in [-0.4, -0.2) is 48.6 Å². The maximum Gasteiger partial charge on any atom is 0.275 e. The van der Waals surface area contributed by atoms with Gasteiger partial charge >= 0.3 is 0 Å². The molecule has 2 aromatic rings. The largest absolute Gasteiger partial charge is 0.507 e. The number of amides is 1. The second-order valence-corrected chi connectivity index (χ2v) is 5.56. The number of hydrogen-bond acceptors (Lipinski definition) is 6. The number of rotatable bonds is 4. The number of para-hydroxylation sites is 1. The van der Waals surface area contributed by atoms with Crippen LogP contribution in [0.1, 0.15) is 15.9 Å². The van der Waals surface area contributed by atoms with Crippen molar-refractivity contribution in [3.8, 4) is 11.5 Å². The Morgan fingerprint density at radius 3 is 2.60 bits per heavy atom. The van der Waals surface area contributed by atoms with E-state index < -0.39 is 5.91 Å². The zero-order chi connectivity index (χ0) is 17.6. The highest BCUT2D eigenvalue weighted by Gasteiger charge is 2.13. The van der Waals surface area contributed by atoms with Crippen molar-refractivity contribution in [1.29, 1.82) is 0 Å². The summed E-state index contributed by atoms with van der Waals surface area (Å²) in [7, 11) is 0. The summed E-state index contributed by atoms with van der Waals surface area (Å²) < 4.78 is 5.31. The molecule has 7 nitrogen and oxygen atoms in total.